The van der Waals surface area contributed by atoms with Crippen LogP contribution >= 0.6 is 0 Å². The number of hydrogen-bond acceptors (Lipinski definition) is 2. The molecule has 2 nitrogen and oxygen atoms in total. The van der Waals surface area contributed by atoms with Crippen LogP contribution in [0.2, 0.25) is 0 Å². The van der Waals surface area contributed by atoms with Gasteiger partial charge in [0.25, 0.3) is 0 Å². The van der Waals surface area contributed by atoms with Gasteiger partial charge in [0.1, 0.15) is 0 Å². The van der Waals surface area contributed by atoms with Crippen LogP contribution < -0.4 is 9.80 Å². The average molecular weight is 1580 g/mol. The minimum absolute atomic E-state index is 0.0570. The molecule has 0 aliphatic heterocycles. The summed E-state index contributed by atoms with van der Waals surface area (Å²) in [5.41, 5.74) is 43.8. The van der Waals surface area contributed by atoms with Crippen molar-refractivity contribution in [3.63, 3.8) is 0 Å². The molecule has 0 spiro atoms. The van der Waals surface area contributed by atoms with Crippen LogP contribution in [-0.4, -0.2) is 0 Å². The van der Waals surface area contributed by atoms with Crippen LogP contribution in [0.25, 0.3) is 100 Å². The zero-order valence-corrected chi connectivity index (χ0v) is 69.9. The Hall–Kier alpha value is -15.2. The highest BCUT2D eigenvalue weighted by Crippen LogP contribution is 2.63. The monoisotopic (exact) mass is 1580 g/mol. The van der Waals surface area contributed by atoms with Crippen molar-refractivity contribution in [2.45, 2.75) is 49.4 Å². The van der Waals surface area contributed by atoms with Crippen molar-refractivity contribution in [3.05, 3.63) is 540 Å². The van der Waals surface area contributed by atoms with Gasteiger partial charge in [0, 0.05) is 44.6 Å². The number of benzene rings is 19. The number of hydrogen-bond donors (Lipinski definition) is 0. The zero-order chi connectivity index (χ0) is 83.1. The summed E-state index contributed by atoms with van der Waals surface area (Å²) >= 11 is 0. The molecule has 0 aromatic heterocycles. The number of anilines is 6. The van der Waals surface area contributed by atoms with Crippen molar-refractivity contribution < 1.29 is 0 Å². The SMILES string of the molecule is CC1(C)c2ccccc2-c2ccc(-c3ccc(N(c4ccc(-c5ccc(-c6ccccc6)cc5)cc4)c4cccc5c4-c4ccccc4C5(c4ccccc4)c4ccccc4)cc3)cc21.CC1(C)c2ccccc2-c2ccc(-c3ccc(N(c4ccccc4-c4ccccc4)c4cccc5c4-c4ccccc4C5(c4ccccc4)c4ccccc4)cc3)cc21. The van der Waals surface area contributed by atoms with Crippen molar-refractivity contribution in [1.29, 1.82) is 0 Å². The van der Waals surface area contributed by atoms with Gasteiger partial charge in [0.15, 0.2) is 0 Å². The first kappa shape index (κ1) is 75.0. The predicted octanol–water partition coefficient (Wildman–Crippen LogP) is 32.0. The molecule has 19 aromatic rings. The average Bonchev–Trinajstić information content (AvgIpc) is 1.53. The smallest absolute Gasteiger partial charge is 0.0714 e. The van der Waals surface area contributed by atoms with E-state index in [-0.39, 0.29) is 10.8 Å². The van der Waals surface area contributed by atoms with E-state index in [4.69, 9.17) is 0 Å². The molecule has 4 aliphatic rings. The predicted molar refractivity (Wildman–Crippen MR) is 519 cm³/mol. The minimum Gasteiger partial charge on any atom is -0.310 e. The van der Waals surface area contributed by atoms with Crippen molar-refractivity contribution in [2.24, 2.45) is 0 Å². The van der Waals surface area contributed by atoms with E-state index >= 15 is 0 Å². The Morgan fingerprint density at radius 2 is 0.403 bits per heavy atom. The Morgan fingerprint density at radius 1 is 0.153 bits per heavy atom. The van der Waals surface area contributed by atoms with Crippen molar-refractivity contribution in [2.75, 3.05) is 9.80 Å². The molecule has 0 heterocycles. The normalized spacial score (nSPS) is 13.7. The van der Waals surface area contributed by atoms with Crippen molar-refractivity contribution >= 4 is 34.1 Å². The maximum atomic E-state index is 2.50. The summed E-state index contributed by atoms with van der Waals surface area (Å²) in [7, 11) is 0. The third-order valence-corrected chi connectivity index (χ3v) is 27.2. The van der Waals surface area contributed by atoms with Crippen LogP contribution in [0.5, 0.6) is 0 Å². The van der Waals surface area contributed by atoms with Gasteiger partial charge in [0.2, 0.25) is 0 Å². The van der Waals surface area contributed by atoms with Crippen LogP contribution in [0, 0.1) is 0 Å². The lowest BCUT2D eigenvalue weighted by Crippen LogP contribution is -2.28. The van der Waals surface area contributed by atoms with Crippen LogP contribution in [0.3, 0.4) is 0 Å². The molecule has 23 rings (SSSR count). The molecular formula is C122H90N2. The molecule has 0 unspecified atom stereocenters. The van der Waals surface area contributed by atoms with E-state index in [1.54, 1.807) is 0 Å². The zero-order valence-electron chi connectivity index (χ0n) is 69.9. The first-order chi connectivity index (χ1) is 61.0. The number of rotatable bonds is 15. The van der Waals surface area contributed by atoms with E-state index in [2.05, 4.69) is 511 Å². The molecule has 4 aliphatic carbocycles. The molecule has 0 saturated carbocycles. The third kappa shape index (κ3) is 12.1. The van der Waals surface area contributed by atoms with Gasteiger partial charge < -0.3 is 9.80 Å². The lowest BCUT2D eigenvalue weighted by atomic mass is 9.68. The van der Waals surface area contributed by atoms with Gasteiger partial charge in [0.05, 0.1) is 27.9 Å². The lowest BCUT2D eigenvalue weighted by molar-refractivity contribution is 0.660. The van der Waals surface area contributed by atoms with Gasteiger partial charge in [-0.1, -0.05) is 434 Å². The highest BCUT2D eigenvalue weighted by Gasteiger charge is 2.50. The van der Waals surface area contributed by atoms with Crippen LogP contribution in [0.1, 0.15) is 94.5 Å². The first-order valence-corrected chi connectivity index (χ1v) is 43.4. The summed E-state index contributed by atoms with van der Waals surface area (Å²) in [6.45, 7) is 9.42. The molecule has 19 aromatic carbocycles. The Morgan fingerprint density at radius 3 is 0.790 bits per heavy atom. The second-order valence-corrected chi connectivity index (χ2v) is 34.5. The van der Waals surface area contributed by atoms with Crippen molar-refractivity contribution in [1.82, 2.24) is 0 Å². The molecular weight excluding hydrogens is 1490 g/mol. The van der Waals surface area contributed by atoms with Gasteiger partial charge in [-0.2, -0.15) is 0 Å². The van der Waals surface area contributed by atoms with Gasteiger partial charge >= 0.3 is 0 Å². The van der Waals surface area contributed by atoms with Crippen LogP contribution in [0.15, 0.2) is 473 Å². The Bertz CT molecular complexity index is 7140. The number of nitrogens with zero attached hydrogens (tertiary/aromatic N) is 2. The fourth-order valence-electron chi connectivity index (χ4n) is 21.3. The molecule has 0 bridgehead atoms. The quantitative estimate of drug-likeness (QED) is 0.101. The molecule has 0 saturated heterocycles. The number of fused-ring (bicyclic) bond motifs is 12. The van der Waals surface area contributed by atoms with Gasteiger partial charge in [-0.25, -0.2) is 0 Å². The summed E-state index contributed by atoms with van der Waals surface area (Å²) in [5, 5.41) is 0. The van der Waals surface area contributed by atoms with E-state index in [9.17, 15) is 0 Å². The lowest BCUT2D eigenvalue weighted by Gasteiger charge is -2.34. The number of para-hydroxylation sites is 1. The first-order valence-electron chi connectivity index (χ1n) is 43.4. The van der Waals surface area contributed by atoms with Gasteiger partial charge in [-0.15, -0.1) is 0 Å². The molecule has 0 fully saturated rings. The van der Waals surface area contributed by atoms with E-state index in [1.165, 1.54) is 167 Å². The van der Waals surface area contributed by atoms with E-state index in [0.29, 0.717) is 0 Å². The second-order valence-electron chi connectivity index (χ2n) is 34.5. The summed E-state index contributed by atoms with van der Waals surface area (Å²) in [6, 6.07) is 175. The third-order valence-electron chi connectivity index (χ3n) is 27.2. The molecule has 0 amide bonds. The Labute approximate surface area is 728 Å². The minimum atomic E-state index is -0.503. The highest BCUT2D eigenvalue weighted by atomic mass is 15.2. The molecule has 588 valence electrons. The molecule has 0 atom stereocenters. The fourth-order valence-corrected chi connectivity index (χ4v) is 21.3. The second kappa shape index (κ2) is 30.5. The fraction of sp³-hybridized carbons (Fsp3) is 0.0656. The molecule has 0 N–H and O–H groups in total. The molecule has 124 heavy (non-hydrogen) atoms. The van der Waals surface area contributed by atoms with E-state index in [1.807, 2.05) is 0 Å². The Kier molecular flexibility index (Phi) is 18.4. The highest BCUT2D eigenvalue weighted by molar-refractivity contribution is 6.02. The standard InChI is InChI=1S/C64H47N.C58H43N/c1-63(2)57-25-14-12-23-54(57)55-42-37-49(43-60(55)63)48-35-40-53(41-36-48)65(52-38-33-47(34-39-52)46-31-29-45(30-32-46)44-17-6-3-7-18-44)61-28-16-27-59-62(61)56-24-13-15-26-58(56)64(59,50-19-8-4-9-20-50)51-21-10-5-11-22-51;1-57(2)50-28-15-12-26-47(50)48-38-35-42(39-53(48)57)40-33-36-45(37-34-40)59(54-31-17-14-25-46(54)41-19-6-3-7-20-41)55-32-18-30-52-56(55)49-27-13-16-29-51(49)58(52,43-21-8-4-9-22-43)44-23-10-5-11-24-44/h3-43H,1-2H3;3-39H,1-2H3. The summed E-state index contributed by atoms with van der Waals surface area (Å²) < 4.78 is 0. The van der Waals surface area contributed by atoms with Crippen LogP contribution in [-0.2, 0) is 21.7 Å². The van der Waals surface area contributed by atoms with Crippen LogP contribution in [0.4, 0.5) is 34.1 Å². The maximum absolute atomic E-state index is 2.50. The van der Waals surface area contributed by atoms with E-state index < -0.39 is 10.8 Å². The largest absolute Gasteiger partial charge is 0.310 e. The summed E-state index contributed by atoms with van der Waals surface area (Å²) in [5.74, 6) is 0. The topological polar surface area (TPSA) is 6.48 Å². The van der Waals surface area contributed by atoms with E-state index in [0.717, 1.165) is 34.1 Å². The Balaban J connectivity index is 0.000000148. The maximum Gasteiger partial charge on any atom is 0.0714 e. The summed E-state index contributed by atoms with van der Waals surface area (Å²) in [6.07, 6.45) is 0. The summed E-state index contributed by atoms with van der Waals surface area (Å²) in [4.78, 5) is 4.96. The van der Waals surface area contributed by atoms with Gasteiger partial charge in [-0.3, -0.25) is 0 Å². The van der Waals surface area contributed by atoms with Crippen molar-refractivity contribution in [3.8, 4) is 100 Å². The molecule has 2 heteroatoms. The molecule has 0 radical (unpaired) electrons. The van der Waals surface area contributed by atoms with Gasteiger partial charge in [-0.05, 0) is 217 Å².